The lowest BCUT2D eigenvalue weighted by Gasteiger charge is -2.18. The van der Waals surface area contributed by atoms with Gasteiger partial charge in [0.2, 0.25) is 0 Å². The molecule has 0 aliphatic carbocycles. The van der Waals surface area contributed by atoms with Gasteiger partial charge in [-0.15, -0.1) is 0 Å². The summed E-state index contributed by atoms with van der Waals surface area (Å²) in [5, 5.41) is 21.2. The second-order valence-corrected chi connectivity index (χ2v) is 6.28. The number of unbranched alkanes of at least 4 members (excludes halogenated alkanes) is 1. The first-order valence-electron chi connectivity index (χ1n) is 8.64. The molecule has 0 fully saturated rings. The minimum atomic E-state index is 0.215. The van der Waals surface area contributed by atoms with Crippen LogP contribution in [0, 0.1) is 0 Å². The Morgan fingerprint density at radius 3 is 1.81 bits per heavy atom. The van der Waals surface area contributed by atoms with Crippen LogP contribution >= 0.6 is 0 Å². The third kappa shape index (κ3) is 16.0. The summed E-state index contributed by atoms with van der Waals surface area (Å²) in [6.45, 7) is 14.5. The molecule has 0 aliphatic rings. The van der Waals surface area contributed by atoms with Crippen LogP contribution in [0.15, 0.2) is 0 Å². The van der Waals surface area contributed by atoms with Gasteiger partial charge in [-0.1, -0.05) is 13.8 Å². The fourth-order valence-electron chi connectivity index (χ4n) is 1.98. The summed E-state index contributed by atoms with van der Waals surface area (Å²) in [6, 6.07) is 0.807. The van der Waals surface area contributed by atoms with E-state index in [0.717, 1.165) is 45.7 Å². The van der Waals surface area contributed by atoms with Crippen LogP contribution in [0.5, 0.6) is 0 Å². The Labute approximate surface area is 131 Å². The van der Waals surface area contributed by atoms with Gasteiger partial charge in [0, 0.05) is 18.6 Å². The quantitative estimate of drug-likeness (QED) is 0.275. The molecule has 0 aliphatic heterocycles. The van der Waals surface area contributed by atoms with Crippen molar-refractivity contribution >= 4 is 0 Å². The number of nitrogens with zero attached hydrogens (tertiary/aromatic N) is 1. The summed E-state index contributed by atoms with van der Waals surface area (Å²) in [7, 11) is 0. The summed E-state index contributed by atoms with van der Waals surface area (Å²) in [5.74, 6) is 0. The molecule has 5 nitrogen and oxygen atoms in total. The first-order chi connectivity index (χ1) is 10.0. The van der Waals surface area contributed by atoms with Crippen molar-refractivity contribution in [1.82, 2.24) is 21.0 Å². The maximum atomic E-state index is 9.51. The van der Waals surface area contributed by atoms with Crippen molar-refractivity contribution in [3.8, 4) is 0 Å². The zero-order chi connectivity index (χ0) is 15.9. The molecular weight excluding hydrogens is 264 g/mol. The van der Waals surface area contributed by atoms with Crippen molar-refractivity contribution < 1.29 is 5.21 Å². The van der Waals surface area contributed by atoms with Gasteiger partial charge >= 0.3 is 0 Å². The van der Waals surface area contributed by atoms with Crippen LogP contribution in [0.25, 0.3) is 0 Å². The summed E-state index contributed by atoms with van der Waals surface area (Å²) in [6.07, 6.45) is 4.63. The molecular formula is C16H38N4O. The summed E-state index contributed by atoms with van der Waals surface area (Å²) in [5.41, 5.74) is 0. The lowest BCUT2D eigenvalue weighted by atomic mass is 10.3. The lowest BCUT2D eigenvalue weighted by Crippen LogP contribution is -2.30. The van der Waals surface area contributed by atoms with Crippen molar-refractivity contribution in [2.45, 2.75) is 65.5 Å². The maximum absolute atomic E-state index is 9.51. The molecule has 0 spiro atoms. The van der Waals surface area contributed by atoms with E-state index >= 15 is 0 Å². The molecule has 0 atom stereocenters. The summed E-state index contributed by atoms with van der Waals surface area (Å²) >= 11 is 0. The molecule has 128 valence electrons. The Morgan fingerprint density at radius 2 is 1.29 bits per heavy atom. The van der Waals surface area contributed by atoms with E-state index in [1.54, 1.807) is 0 Å². The molecule has 4 N–H and O–H groups in total. The van der Waals surface area contributed by atoms with E-state index in [1.165, 1.54) is 24.3 Å². The second-order valence-electron chi connectivity index (χ2n) is 6.28. The number of rotatable bonds is 15. The van der Waals surface area contributed by atoms with Crippen LogP contribution in [-0.4, -0.2) is 61.6 Å². The van der Waals surface area contributed by atoms with E-state index < -0.39 is 0 Å². The molecule has 0 unspecified atom stereocenters. The number of hydrogen-bond donors (Lipinski definition) is 4. The van der Waals surface area contributed by atoms with Crippen molar-refractivity contribution in [3.63, 3.8) is 0 Å². The Hall–Kier alpha value is -0.200. The highest BCUT2D eigenvalue weighted by atomic mass is 16.5. The molecule has 21 heavy (non-hydrogen) atoms. The van der Waals surface area contributed by atoms with Crippen LogP contribution in [0.4, 0.5) is 0 Å². The predicted octanol–water partition coefficient (Wildman–Crippen LogP) is 1.82. The van der Waals surface area contributed by atoms with Crippen LogP contribution in [0.3, 0.4) is 0 Å². The number of hydrogen-bond acceptors (Lipinski definition) is 5. The third-order valence-electron chi connectivity index (χ3n) is 3.38. The molecule has 5 heteroatoms. The highest BCUT2D eigenvalue weighted by molar-refractivity contribution is 4.57. The maximum Gasteiger partial charge on any atom is 0.0293 e. The first kappa shape index (κ1) is 20.8. The molecule has 0 radical (unpaired) electrons. The molecule has 0 aromatic rings. The van der Waals surface area contributed by atoms with Gasteiger partial charge in [0.05, 0.1) is 0 Å². The van der Waals surface area contributed by atoms with Crippen molar-refractivity contribution in [2.24, 2.45) is 0 Å². The highest BCUT2D eigenvalue weighted by Gasteiger charge is 2.03. The first-order valence-corrected chi connectivity index (χ1v) is 8.64. The van der Waals surface area contributed by atoms with Gasteiger partial charge < -0.3 is 21.2 Å². The summed E-state index contributed by atoms with van der Waals surface area (Å²) in [4.78, 5) is 0. The SMILES string of the molecule is CC(C)NCCCNCCCCNCCCN(O)C(C)C. The lowest BCUT2D eigenvalue weighted by molar-refractivity contribution is -0.117. The van der Waals surface area contributed by atoms with E-state index in [4.69, 9.17) is 0 Å². The predicted molar refractivity (Wildman–Crippen MR) is 91.0 cm³/mol. The Bertz CT molecular complexity index is 212. The largest absolute Gasteiger partial charge is 0.317 e. The van der Waals surface area contributed by atoms with Crippen LogP contribution < -0.4 is 16.0 Å². The molecule has 0 saturated heterocycles. The Balaban J connectivity index is 3.06. The molecule has 0 rings (SSSR count). The van der Waals surface area contributed by atoms with E-state index in [0.29, 0.717) is 6.04 Å². The summed E-state index contributed by atoms with van der Waals surface area (Å²) < 4.78 is 0. The van der Waals surface area contributed by atoms with Gasteiger partial charge in [0.15, 0.2) is 0 Å². The highest BCUT2D eigenvalue weighted by Crippen LogP contribution is 1.94. The zero-order valence-corrected chi connectivity index (χ0v) is 14.6. The average Bonchev–Trinajstić information content (AvgIpc) is 2.43. The normalized spacial score (nSPS) is 12.0. The molecule has 0 aromatic heterocycles. The van der Waals surface area contributed by atoms with Crippen molar-refractivity contribution in [1.29, 1.82) is 0 Å². The van der Waals surface area contributed by atoms with Crippen molar-refractivity contribution in [3.05, 3.63) is 0 Å². The molecule has 0 bridgehead atoms. The minimum absolute atomic E-state index is 0.215. The standard InChI is InChI=1S/C16H38N4O/c1-15(2)19-13-7-11-17-9-5-6-10-18-12-8-14-20(21)16(3)4/h15-19,21H,5-14H2,1-4H3. The molecule has 0 aromatic carbocycles. The monoisotopic (exact) mass is 302 g/mol. The smallest absolute Gasteiger partial charge is 0.0293 e. The van der Waals surface area contributed by atoms with Gasteiger partial charge in [-0.3, -0.25) is 0 Å². The molecule has 0 saturated carbocycles. The average molecular weight is 303 g/mol. The van der Waals surface area contributed by atoms with Crippen molar-refractivity contribution in [2.75, 3.05) is 39.3 Å². The fraction of sp³-hybridized carbons (Fsp3) is 1.00. The van der Waals surface area contributed by atoms with E-state index in [2.05, 4.69) is 29.8 Å². The van der Waals surface area contributed by atoms with E-state index in [9.17, 15) is 5.21 Å². The van der Waals surface area contributed by atoms with Crippen LogP contribution in [0.2, 0.25) is 0 Å². The number of hydroxylamine groups is 2. The minimum Gasteiger partial charge on any atom is -0.317 e. The van der Waals surface area contributed by atoms with Gasteiger partial charge in [-0.05, 0) is 72.3 Å². The van der Waals surface area contributed by atoms with Gasteiger partial charge in [0.1, 0.15) is 0 Å². The Kier molecular flexibility index (Phi) is 14.6. The molecule has 0 amide bonds. The Morgan fingerprint density at radius 1 is 0.762 bits per heavy atom. The topological polar surface area (TPSA) is 59.6 Å². The van der Waals surface area contributed by atoms with Crippen LogP contribution in [-0.2, 0) is 0 Å². The third-order valence-corrected chi connectivity index (χ3v) is 3.38. The van der Waals surface area contributed by atoms with Gasteiger partial charge in [-0.25, -0.2) is 0 Å². The second kappa shape index (κ2) is 14.7. The van der Waals surface area contributed by atoms with Crippen LogP contribution in [0.1, 0.15) is 53.4 Å². The van der Waals surface area contributed by atoms with E-state index in [1.807, 2.05) is 13.8 Å². The fourth-order valence-corrected chi connectivity index (χ4v) is 1.98. The zero-order valence-electron chi connectivity index (χ0n) is 14.6. The van der Waals surface area contributed by atoms with E-state index in [-0.39, 0.29) is 6.04 Å². The number of nitrogens with one attached hydrogen (secondary N) is 3. The molecule has 0 heterocycles. The van der Waals surface area contributed by atoms with Gasteiger partial charge in [-0.2, -0.15) is 5.06 Å². The van der Waals surface area contributed by atoms with Gasteiger partial charge in [0.25, 0.3) is 0 Å².